The Kier molecular flexibility index (Phi) is 3.96. The summed E-state index contributed by atoms with van der Waals surface area (Å²) < 4.78 is 6.87. The lowest BCUT2D eigenvalue weighted by atomic mass is 10.2. The maximum absolute atomic E-state index is 12.3. The van der Waals surface area contributed by atoms with Crippen molar-refractivity contribution < 1.29 is 14.3 Å². The first-order valence-corrected chi connectivity index (χ1v) is 8.25. The molecule has 0 radical (unpaired) electrons. The molecular formula is C14H14Br2N2O3. The van der Waals surface area contributed by atoms with Crippen molar-refractivity contribution in [1.82, 2.24) is 4.90 Å². The molecule has 1 saturated heterocycles. The van der Waals surface area contributed by atoms with Crippen molar-refractivity contribution in [1.29, 1.82) is 0 Å². The van der Waals surface area contributed by atoms with E-state index in [4.69, 9.17) is 4.74 Å². The van der Waals surface area contributed by atoms with E-state index in [0.29, 0.717) is 5.75 Å². The van der Waals surface area contributed by atoms with E-state index in [9.17, 15) is 9.59 Å². The van der Waals surface area contributed by atoms with Crippen LogP contribution in [0.2, 0.25) is 0 Å². The maximum Gasteiger partial charge on any atom is 0.252 e. The Morgan fingerprint density at radius 1 is 1.24 bits per heavy atom. The van der Waals surface area contributed by atoms with Crippen LogP contribution in [0.3, 0.4) is 0 Å². The van der Waals surface area contributed by atoms with E-state index in [1.807, 2.05) is 6.07 Å². The zero-order chi connectivity index (χ0) is 15.1. The molecule has 1 unspecified atom stereocenters. The second-order valence-corrected chi connectivity index (χ2v) is 6.91. The lowest BCUT2D eigenvalue weighted by Crippen LogP contribution is -2.36. The number of carbonyl (C=O) groups is 2. The van der Waals surface area contributed by atoms with Gasteiger partial charge in [-0.1, -0.05) is 0 Å². The van der Waals surface area contributed by atoms with Crippen LogP contribution < -0.4 is 10.1 Å². The number of halogens is 2. The molecule has 1 aliphatic carbocycles. The van der Waals surface area contributed by atoms with Gasteiger partial charge in [0.05, 0.1) is 23.7 Å². The summed E-state index contributed by atoms with van der Waals surface area (Å²) >= 11 is 6.85. The number of ether oxygens (including phenoxy) is 1. The molecule has 2 fully saturated rings. The average Bonchev–Trinajstić information content (AvgIpc) is 3.21. The van der Waals surface area contributed by atoms with Gasteiger partial charge in [0.1, 0.15) is 11.8 Å². The quantitative estimate of drug-likeness (QED) is 0.765. The van der Waals surface area contributed by atoms with Crippen molar-refractivity contribution in [3.63, 3.8) is 0 Å². The highest BCUT2D eigenvalue weighted by molar-refractivity contribution is 9.11. The number of benzene rings is 1. The number of hydrogen-bond donors (Lipinski definition) is 1. The van der Waals surface area contributed by atoms with E-state index in [1.54, 1.807) is 13.2 Å². The van der Waals surface area contributed by atoms with Crippen LogP contribution in [0.15, 0.2) is 21.1 Å². The molecule has 1 saturated carbocycles. The molecule has 1 heterocycles. The van der Waals surface area contributed by atoms with Gasteiger partial charge in [0.2, 0.25) is 5.91 Å². The van der Waals surface area contributed by atoms with Crippen molar-refractivity contribution in [3.05, 3.63) is 21.1 Å². The van der Waals surface area contributed by atoms with Crippen LogP contribution in [0.4, 0.5) is 5.69 Å². The number of methoxy groups -OCH3 is 1. The van der Waals surface area contributed by atoms with E-state index in [0.717, 1.165) is 27.5 Å². The van der Waals surface area contributed by atoms with Gasteiger partial charge in [-0.3, -0.25) is 14.5 Å². The zero-order valence-corrected chi connectivity index (χ0v) is 14.5. The van der Waals surface area contributed by atoms with Crippen molar-refractivity contribution in [2.75, 3.05) is 12.4 Å². The number of amides is 2. The molecule has 5 nitrogen and oxygen atoms in total. The highest BCUT2D eigenvalue weighted by atomic mass is 79.9. The normalized spacial score (nSPS) is 21.9. The average molecular weight is 418 g/mol. The van der Waals surface area contributed by atoms with E-state index in [1.165, 1.54) is 4.90 Å². The highest BCUT2D eigenvalue weighted by Crippen LogP contribution is 2.37. The minimum Gasteiger partial charge on any atom is -0.495 e. The summed E-state index contributed by atoms with van der Waals surface area (Å²) in [6.45, 7) is 0. The molecule has 21 heavy (non-hydrogen) atoms. The van der Waals surface area contributed by atoms with Gasteiger partial charge in [0.15, 0.2) is 0 Å². The molecule has 2 amide bonds. The third kappa shape index (κ3) is 2.81. The van der Waals surface area contributed by atoms with Gasteiger partial charge >= 0.3 is 0 Å². The number of carbonyl (C=O) groups excluding carboxylic acids is 2. The number of hydrogen-bond acceptors (Lipinski definition) is 4. The van der Waals surface area contributed by atoms with Gasteiger partial charge in [-0.05, 0) is 50.8 Å². The summed E-state index contributed by atoms with van der Waals surface area (Å²) in [7, 11) is 1.58. The minimum absolute atomic E-state index is 0.0831. The molecule has 1 aliphatic heterocycles. The van der Waals surface area contributed by atoms with Crippen LogP contribution in [0.5, 0.6) is 5.75 Å². The molecule has 112 valence electrons. The largest absolute Gasteiger partial charge is 0.495 e. The minimum atomic E-state index is -0.500. The molecule has 7 heteroatoms. The Balaban J connectivity index is 1.81. The molecule has 1 aromatic rings. The van der Waals surface area contributed by atoms with E-state index >= 15 is 0 Å². The molecule has 1 aromatic carbocycles. The first-order valence-electron chi connectivity index (χ1n) is 6.66. The predicted octanol–water partition coefficient (Wildman–Crippen LogP) is 2.92. The van der Waals surface area contributed by atoms with Gasteiger partial charge < -0.3 is 10.1 Å². The predicted molar refractivity (Wildman–Crippen MR) is 85.3 cm³/mol. The number of anilines is 1. The fraction of sp³-hybridized carbons (Fsp3) is 0.429. The Bertz CT molecular complexity index is 616. The lowest BCUT2D eigenvalue weighted by Gasteiger charge is -2.17. The summed E-state index contributed by atoms with van der Waals surface area (Å²) in [5, 5.41) is 3.14. The molecule has 3 rings (SSSR count). The van der Waals surface area contributed by atoms with Gasteiger partial charge in [-0.15, -0.1) is 0 Å². The Morgan fingerprint density at radius 3 is 2.57 bits per heavy atom. The van der Waals surface area contributed by atoms with Crippen molar-refractivity contribution in [2.45, 2.75) is 31.3 Å². The molecule has 2 aliphatic rings. The summed E-state index contributed by atoms with van der Waals surface area (Å²) in [5.74, 6) is 0.452. The Hall–Kier alpha value is -1.08. The van der Waals surface area contributed by atoms with E-state index in [2.05, 4.69) is 37.2 Å². The van der Waals surface area contributed by atoms with Gasteiger partial charge in [-0.2, -0.15) is 0 Å². The molecule has 1 N–H and O–H groups in total. The first-order chi connectivity index (χ1) is 10.0. The summed E-state index contributed by atoms with van der Waals surface area (Å²) in [5.41, 5.74) is 0.735. The summed E-state index contributed by atoms with van der Waals surface area (Å²) in [6, 6.07) is 3.27. The van der Waals surface area contributed by atoms with E-state index < -0.39 is 6.04 Å². The van der Waals surface area contributed by atoms with Crippen LogP contribution >= 0.6 is 31.9 Å². The van der Waals surface area contributed by atoms with E-state index in [-0.39, 0.29) is 24.3 Å². The fourth-order valence-electron chi connectivity index (χ4n) is 2.46. The molecule has 0 spiro atoms. The second-order valence-electron chi connectivity index (χ2n) is 5.20. The SMILES string of the molecule is COc1cc(NC2CC(=O)N(C3CC3)C2=O)c(Br)cc1Br. The van der Waals surface area contributed by atoms with Crippen LogP contribution in [0.1, 0.15) is 19.3 Å². The smallest absolute Gasteiger partial charge is 0.252 e. The van der Waals surface area contributed by atoms with Crippen molar-refractivity contribution in [2.24, 2.45) is 0 Å². The topological polar surface area (TPSA) is 58.6 Å². The van der Waals surface area contributed by atoms with Crippen LogP contribution in [-0.4, -0.2) is 35.9 Å². The number of nitrogens with one attached hydrogen (secondary N) is 1. The molecule has 0 bridgehead atoms. The molecule has 0 aromatic heterocycles. The van der Waals surface area contributed by atoms with Gasteiger partial charge in [0, 0.05) is 16.6 Å². The van der Waals surface area contributed by atoms with Crippen LogP contribution in [-0.2, 0) is 9.59 Å². The zero-order valence-electron chi connectivity index (χ0n) is 11.4. The van der Waals surface area contributed by atoms with Gasteiger partial charge in [-0.25, -0.2) is 0 Å². The summed E-state index contributed by atoms with van der Waals surface area (Å²) in [4.78, 5) is 25.7. The number of likely N-dealkylation sites (tertiary alicyclic amines) is 1. The second kappa shape index (κ2) is 5.61. The maximum atomic E-state index is 12.3. The molecular weight excluding hydrogens is 404 g/mol. The first kappa shape index (κ1) is 14.8. The number of imide groups is 1. The Labute approximate surface area is 139 Å². The Morgan fingerprint density at radius 2 is 1.95 bits per heavy atom. The lowest BCUT2D eigenvalue weighted by molar-refractivity contribution is -0.139. The number of nitrogens with zero attached hydrogens (tertiary/aromatic N) is 1. The number of rotatable bonds is 4. The third-order valence-corrected chi connectivity index (χ3v) is 4.94. The van der Waals surface area contributed by atoms with Crippen molar-refractivity contribution in [3.8, 4) is 5.75 Å². The van der Waals surface area contributed by atoms with Crippen LogP contribution in [0, 0.1) is 0 Å². The van der Waals surface area contributed by atoms with Crippen LogP contribution in [0.25, 0.3) is 0 Å². The van der Waals surface area contributed by atoms with Gasteiger partial charge in [0.25, 0.3) is 5.91 Å². The third-order valence-electron chi connectivity index (χ3n) is 3.67. The molecule has 1 atom stereocenters. The summed E-state index contributed by atoms with van der Waals surface area (Å²) in [6.07, 6.45) is 2.07. The monoisotopic (exact) mass is 416 g/mol. The fourth-order valence-corrected chi connectivity index (χ4v) is 3.73. The van der Waals surface area contributed by atoms with Crippen molar-refractivity contribution >= 4 is 49.4 Å². The standard InChI is InChI=1S/C14H14Br2N2O3/c1-21-12-5-10(8(15)4-9(12)16)17-11-6-13(19)18(14(11)20)7-2-3-7/h4-5,7,11,17H,2-3,6H2,1H3. The highest BCUT2D eigenvalue weighted by Gasteiger charge is 2.46.